The molecule has 9 heteroatoms. The molecule has 2 aromatic heterocycles. The maximum absolute atomic E-state index is 13.2. The van der Waals surface area contributed by atoms with Crippen LogP contribution < -0.4 is 0 Å². The average Bonchev–Trinajstić information content (AvgIpc) is 3.01. The second kappa shape index (κ2) is 9.35. The maximum Gasteiger partial charge on any atom is 0.417 e. The fourth-order valence-electron chi connectivity index (χ4n) is 3.98. The van der Waals surface area contributed by atoms with E-state index in [9.17, 15) is 18.0 Å². The van der Waals surface area contributed by atoms with Crippen LogP contribution in [0.25, 0.3) is 5.82 Å². The Labute approximate surface area is 190 Å². The third-order valence-corrected chi connectivity index (χ3v) is 5.93. The molecular formula is C24H26F3N5O. The topological polar surface area (TPSA) is 54.3 Å². The monoisotopic (exact) mass is 457 g/mol. The van der Waals surface area contributed by atoms with Crippen molar-refractivity contribution in [1.82, 2.24) is 24.6 Å². The van der Waals surface area contributed by atoms with Crippen LogP contribution in [0, 0.1) is 13.8 Å². The van der Waals surface area contributed by atoms with E-state index >= 15 is 0 Å². The highest BCUT2D eigenvalue weighted by molar-refractivity contribution is 5.95. The number of benzene rings is 1. The molecule has 0 saturated carbocycles. The van der Waals surface area contributed by atoms with E-state index in [-0.39, 0.29) is 11.7 Å². The van der Waals surface area contributed by atoms with Crippen molar-refractivity contribution in [2.75, 3.05) is 26.2 Å². The van der Waals surface area contributed by atoms with Gasteiger partial charge in [0.25, 0.3) is 5.91 Å². The molecule has 33 heavy (non-hydrogen) atoms. The van der Waals surface area contributed by atoms with Gasteiger partial charge in [0.1, 0.15) is 0 Å². The van der Waals surface area contributed by atoms with E-state index < -0.39 is 11.7 Å². The highest BCUT2D eigenvalue weighted by Crippen LogP contribution is 2.29. The smallest absolute Gasteiger partial charge is 0.337 e. The molecule has 1 aliphatic rings. The summed E-state index contributed by atoms with van der Waals surface area (Å²) in [6.45, 7) is 7.57. The number of carbonyl (C=O) groups is 1. The quantitative estimate of drug-likeness (QED) is 0.588. The van der Waals surface area contributed by atoms with E-state index in [4.69, 9.17) is 0 Å². The van der Waals surface area contributed by atoms with Crippen LogP contribution in [0.5, 0.6) is 0 Å². The number of carbonyl (C=O) groups excluding carboxylic acids is 1. The first-order valence-electron chi connectivity index (χ1n) is 10.9. The number of nitrogens with zero attached hydrogens (tertiary/aromatic N) is 5. The summed E-state index contributed by atoms with van der Waals surface area (Å²) < 4.78 is 39.8. The van der Waals surface area contributed by atoms with Crippen molar-refractivity contribution in [2.24, 2.45) is 0 Å². The number of amides is 1. The van der Waals surface area contributed by atoms with E-state index in [2.05, 4.69) is 46.2 Å². The first-order chi connectivity index (χ1) is 15.7. The molecule has 0 unspecified atom stereocenters. The number of alkyl halides is 3. The molecule has 1 saturated heterocycles. The summed E-state index contributed by atoms with van der Waals surface area (Å²) in [4.78, 5) is 21.2. The first kappa shape index (κ1) is 23.0. The molecule has 6 nitrogen and oxygen atoms in total. The minimum absolute atomic E-state index is 0.122. The molecular weight excluding hydrogens is 431 g/mol. The number of hydrogen-bond acceptors (Lipinski definition) is 4. The minimum Gasteiger partial charge on any atom is -0.337 e. The Morgan fingerprint density at radius 2 is 1.73 bits per heavy atom. The van der Waals surface area contributed by atoms with Gasteiger partial charge in [-0.25, -0.2) is 9.67 Å². The SMILES string of the molecule is Cc1ccc(CN2CCCN(C(=O)c3cnn(-c4ccc(C(F)(F)F)cn4)c3C)CC2)cc1. The molecule has 1 aromatic carbocycles. The van der Waals surface area contributed by atoms with E-state index in [1.165, 1.54) is 28.1 Å². The Hall–Kier alpha value is -3.20. The second-order valence-electron chi connectivity index (χ2n) is 8.37. The fraction of sp³-hybridized carbons (Fsp3) is 0.375. The van der Waals surface area contributed by atoms with Crippen LogP contribution in [0.3, 0.4) is 0 Å². The predicted octanol–water partition coefficient (Wildman–Crippen LogP) is 4.25. The summed E-state index contributed by atoms with van der Waals surface area (Å²) in [6.07, 6.45) is -1.35. The molecule has 0 atom stereocenters. The minimum atomic E-state index is -4.45. The lowest BCUT2D eigenvalue weighted by Crippen LogP contribution is -2.35. The van der Waals surface area contributed by atoms with E-state index in [0.29, 0.717) is 24.3 Å². The summed E-state index contributed by atoms with van der Waals surface area (Å²) in [5.41, 5.74) is 2.64. The third-order valence-electron chi connectivity index (χ3n) is 5.93. The van der Waals surface area contributed by atoms with Crippen LogP contribution in [-0.2, 0) is 12.7 Å². The van der Waals surface area contributed by atoms with Crippen LogP contribution in [0.15, 0.2) is 48.8 Å². The largest absolute Gasteiger partial charge is 0.417 e. The molecule has 4 rings (SSSR count). The maximum atomic E-state index is 13.2. The Kier molecular flexibility index (Phi) is 6.51. The lowest BCUT2D eigenvalue weighted by molar-refractivity contribution is -0.137. The van der Waals surface area contributed by atoms with Crippen LogP contribution in [-0.4, -0.2) is 56.7 Å². The Morgan fingerprint density at radius 1 is 0.970 bits per heavy atom. The standard InChI is InChI=1S/C24H26F3N5O/c1-17-4-6-19(7-5-17)16-30-10-3-11-31(13-12-30)23(33)21-15-29-32(18(21)2)22-9-8-20(14-28-22)24(25,26)27/h4-9,14-15H,3,10-13,16H2,1-2H3. The third kappa shape index (κ3) is 5.24. The van der Waals surface area contributed by atoms with Crippen LogP contribution in [0.2, 0.25) is 0 Å². The summed E-state index contributed by atoms with van der Waals surface area (Å²) in [5.74, 6) is 0.113. The van der Waals surface area contributed by atoms with Crippen LogP contribution in [0.1, 0.15) is 39.2 Å². The molecule has 174 valence electrons. The van der Waals surface area contributed by atoms with E-state index in [0.717, 1.165) is 38.3 Å². The van der Waals surface area contributed by atoms with Gasteiger partial charge in [-0.15, -0.1) is 0 Å². The Morgan fingerprint density at radius 3 is 2.39 bits per heavy atom. The molecule has 0 spiro atoms. The van der Waals surface area contributed by atoms with Gasteiger partial charge in [-0.05, 0) is 38.0 Å². The highest BCUT2D eigenvalue weighted by Gasteiger charge is 2.31. The molecule has 0 radical (unpaired) electrons. The lowest BCUT2D eigenvalue weighted by Gasteiger charge is -2.22. The van der Waals surface area contributed by atoms with Crippen LogP contribution in [0.4, 0.5) is 13.2 Å². The molecule has 0 N–H and O–H groups in total. The Bertz CT molecular complexity index is 1110. The fourth-order valence-corrected chi connectivity index (χ4v) is 3.98. The van der Waals surface area contributed by atoms with Gasteiger partial charge >= 0.3 is 6.18 Å². The van der Waals surface area contributed by atoms with Gasteiger partial charge < -0.3 is 4.90 Å². The molecule has 3 heterocycles. The van der Waals surface area contributed by atoms with Crippen molar-refractivity contribution in [2.45, 2.75) is 33.0 Å². The van der Waals surface area contributed by atoms with E-state index in [1.54, 1.807) is 6.92 Å². The number of aryl methyl sites for hydroxylation is 1. The average molecular weight is 458 g/mol. The zero-order chi connectivity index (χ0) is 23.6. The molecule has 1 amide bonds. The van der Waals surface area contributed by atoms with Crippen LogP contribution >= 0.6 is 0 Å². The molecule has 1 aliphatic heterocycles. The Balaban J connectivity index is 1.43. The van der Waals surface area contributed by atoms with Gasteiger partial charge in [-0.3, -0.25) is 9.69 Å². The zero-order valence-electron chi connectivity index (χ0n) is 18.6. The summed E-state index contributed by atoms with van der Waals surface area (Å²) in [6, 6.07) is 10.7. The number of halogens is 3. The van der Waals surface area contributed by atoms with Crippen molar-refractivity contribution in [3.8, 4) is 5.82 Å². The second-order valence-corrected chi connectivity index (χ2v) is 8.37. The summed E-state index contributed by atoms with van der Waals surface area (Å²) in [7, 11) is 0. The van der Waals surface area contributed by atoms with Gasteiger partial charge in [0, 0.05) is 38.9 Å². The first-order valence-corrected chi connectivity index (χ1v) is 10.9. The number of hydrogen-bond donors (Lipinski definition) is 0. The predicted molar refractivity (Wildman–Crippen MR) is 118 cm³/mol. The van der Waals surface area contributed by atoms with E-state index in [1.807, 2.05) is 4.90 Å². The lowest BCUT2D eigenvalue weighted by atomic mass is 10.1. The van der Waals surface area contributed by atoms with Gasteiger partial charge in [0.05, 0.1) is 23.0 Å². The van der Waals surface area contributed by atoms with Gasteiger partial charge in [-0.1, -0.05) is 29.8 Å². The normalized spacial score (nSPS) is 15.5. The number of pyridine rings is 1. The number of rotatable bonds is 4. The molecule has 3 aromatic rings. The zero-order valence-corrected chi connectivity index (χ0v) is 18.6. The summed E-state index contributed by atoms with van der Waals surface area (Å²) >= 11 is 0. The molecule has 1 fully saturated rings. The van der Waals surface area contributed by atoms with Crippen molar-refractivity contribution in [1.29, 1.82) is 0 Å². The van der Waals surface area contributed by atoms with Crippen molar-refractivity contribution in [3.05, 3.63) is 76.7 Å². The van der Waals surface area contributed by atoms with Gasteiger partial charge in [-0.2, -0.15) is 18.3 Å². The van der Waals surface area contributed by atoms with Gasteiger partial charge in [0.15, 0.2) is 5.82 Å². The summed E-state index contributed by atoms with van der Waals surface area (Å²) in [5, 5.41) is 4.21. The van der Waals surface area contributed by atoms with Crippen molar-refractivity contribution in [3.63, 3.8) is 0 Å². The number of aromatic nitrogens is 3. The highest BCUT2D eigenvalue weighted by atomic mass is 19.4. The molecule has 0 bridgehead atoms. The van der Waals surface area contributed by atoms with Crippen molar-refractivity contribution < 1.29 is 18.0 Å². The molecule has 0 aliphatic carbocycles. The van der Waals surface area contributed by atoms with Gasteiger partial charge in [0.2, 0.25) is 0 Å². The van der Waals surface area contributed by atoms with Crippen molar-refractivity contribution >= 4 is 5.91 Å².